The molecule has 0 unspecified atom stereocenters. The van der Waals surface area contributed by atoms with Gasteiger partial charge >= 0.3 is 5.97 Å². The van der Waals surface area contributed by atoms with Crippen LogP contribution in [-0.4, -0.2) is 48.7 Å². The van der Waals surface area contributed by atoms with Gasteiger partial charge in [-0.1, -0.05) is 0 Å². The molecule has 0 saturated heterocycles. The molecule has 1 aromatic rings. The smallest absolute Gasteiger partial charge is 0.339 e. The van der Waals surface area contributed by atoms with Crippen molar-refractivity contribution in [1.82, 2.24) is 4.90 Å². The lowest BCUT2D eigenvalue weighted by Crippen LogP contribution is -2.34. The van der Waals surface area contributed by atoms with Crippen molar-refractivity contribution in [3.63, 3.8) is 0 Å². The van der Waals surface area contributed by atoms with Crippen LogP contribution in [0.1, 0.15) is 24.2 Å². The molecular formula is C14H19NO5. The molecule has 0 aliphatic rings. The predicted octanol–water partition coefficient (Wildman–Crippen LogP) is 1.64. The summed E-state index contributed by atoms with van der Waals surface area (Å²) in [6.45, 7) is 4.74. The van der Waals surface area contributed by atoms with Crippen LogP contribution >= 0.6 is 0 Å². The minimum Gasteiger partial charge on any atom is -0.497 e. The molecule has 0 radical (unpaired) electrons. The SMILES string of the molecule is CCN(CC)C(=O)COc1ccc(OC)cc1C(=O)O. The van der Waals surface area contributed by atoms with Crippen LogP contribution in [0, 0.1) is 0 Å². The molecule has 0 fully saturated rings. The largest absolute Gasteiger partial charge is 0.497 e. The number of benzene rings is 1. The van der Waals surface area contributed by atoms with Crippen molar-refractivity contribution in [2.24, 2.45) is 0 Å². The molecule has 0 aromatic heterocycles. The van der Waals surface area contributed by atoms with Gasteiger partial charge < -0.3 is 19.5 Å². The van der Waals surface area contributed by atoms with E-state index < -0.39 is 5.97 Å². The number of rotatable bonds is 7. The van der Waals surface area contributed by atoms with E-state index in [0.717, 1.165) is 0 Å². The molecule has 1 aromatic carbocycles. The number of amides is 1. The molecule has 1 amide bonds. The first-order chi connectivity index (χ1) is 9.53. The summed E-state index contributed by atoms with van der Waals surface area (Å²) in [6, 6.07) is 4.43. The molecular weight excluding hydrogens is 262 g/mol. The number of hydrogen-bond donors (Lipinski definition) is 1. The Morgan fingerprint density at radius 3 is 2.40 bits per heavy atom. The van der Waals surface area contributed by atoms with Crippen LogP contribution < -0.4 is 9.47 Å². The van der Waals surface area contributed by atoms with E-state index in [0.29, 0.717) is 18.8 Å². The van der Waals surface area contributed by atoms with E-state index in [9.17, 15) is 9.59 Å². The highest BCUT2D eigenvalue weighted by molar-refractivity contribution is 5.91. The number of carbonyl (C=O) groups excluding carboxylic acids is 1. The van der Waals surface area contributed by atoms with Crippen LogP contribution in [0.5, 0.6) is 11.5 Å². The fraction of sp³-hybridized carbons (Fsp3) is 0.429. The number of carboxylic acids is 1. The molecule has 1 N–H and O–H groups in total. The van der Waals surface area contributed by atoms with Gasteiger partial charge in [0.25, 0.3) is 5.91 Å². The van der Waals surface area contributed by atoms with Gasteiger partial charge in [-0.15, -0.1) is 0 Å². The molecule has 6 heteroatoms. The van der Waals surface area contributed by atoms with Gasteiger partial charge in [-0.2, -0.15) is 0 Å². The van der Waals surface area contributed by atoms with Crippen molar-refractivity contribution in [1.29, 1.82) is 0 Å². The number of likely N-dealkylation sites (N-methyl/N-ethyl adjacent to an activating group) is 1. The third kappa shape index (κ3) is 3.88. The maximum Gasteiger partial charge on any atom is 0.339 e. The zero-order valence-electron chi connectivity index (χ0n) is 11.9. The van der Waals surface area contributed by atoms with Gasteiger partial charge in [-0.05, 0) is 32.0 Å². The Morgan fingerprint density at radius 1 is 1.25 bits per heavy atom. The van der Waals surface area contributed by atoms with Crippen molar-refractivity contribution in [2.75, 3.05) is 26.8 Å². The Labute approximate surface area is 117 Å². The van der Waals surface area contributed by atoms with Gasteiger partial charge in [0.2, 0.25) is 0 Å². The van der Waals surface area contributed by atoms with Gasteiger partial charge in [0.05, 0.1) is 7.11 Å². The maximum absolute atomic E-state index is 11.8. The molecule has 0 aliphatic carbocycles. The molecule has 0 saturated carbocycles. The molecule has 0 bridgehead atoms. The van der Waals surface area contributed by atoms with E-state index in [1.807, 2.05) is 13.8 Å². The van der Waals surface area contributed by atoms with Gasteiger partial charge in [0, 0.05) is 13.1 Å². The summed E-state index contributed by atoms with van der Waals surface area (Å²) < 4.78 is 10.3. The zero-order valence-corrected chi connectivity index (χ0v) is 11.9. The fourth-order valence-electron chi connectivity index (χ4n) is 1.74. The van der Waals surface area contributed by atoms with E-state index in [2.05, 4.69) is 0 Å². The first kappa shape index (κ1) is 15.8. The summed E-state index contributed by atoms with van der Waals surface area (Å²) in [7, 11) is 1.45. The Bertz CT molecular complexity index is 482. The fourth-order valence-corrected chi connectivity index (χ4v) is 1.74. The summed E-state index contributed by atoms with van der Waals surface area (Å²) >= 11 is 0. The monoisotopic (exact) mass is 281 g/mol. The third-order valence-corrected chi connectivity index (χ3v) is 2.88. The topological polar surface area (TPSA) is 76.1 Å². The molecule has 0 aliphatic heterocycles. The highest BCUT2D eigenvalue weighted by Crippen LogP contribution is 2.24. The third-order valence-electron chi connectivity index (χ3n) is 2.88. The zero-order chi connectivity index (χ0) is 15.1. The van der Waals surface area contributed by atoms with Gasteiger partial charge in [-0.25, -0.2) is 4.79 Å². The number of aromatic carboxylic acids is 1. The van der Waals surface area contributed by atoms with E-state index in [1.54, 1.807) is 11.0 Å². The molecule has 1 rings (SSSR count). The first-order valence-electron chi connectivity index (χ1n) is 6.35. The molecule has 20 heavy (non-hydrogen) atoms. The second-order valence-corrected chi connectivity index (χ2v) is 4.02. The standard InChI is InChI=1S/C14H19NO5/c1-4-15(5-2)13(16)9-20-12-7-6-10(19-3)8-11(12)14(17)18/h6-8H,4-5,9H2,1-3H3,(H,17,18). The quantitative estimate of drug-likeness (QED) is 0.822. The van der Waals surface area contributed by atoms with Gasteiger partial charge in [-0.3, -0.25) is 4.79 Å². The number of carbonyl (C=O) groups is 2. The Hall–Kier alpha value is -2.24. The van der Waals surface area contributed by atoms with Crippen LogP contribution in [0.4, 0.5) is 0 Å². The van der Waals surface area contributed by atoms with Crippen molar-refractivity contribution in [3.05, 3.63) is 23.8 Å². The lowest BCUT2D eigenvalue weighted by atomic mass is 10.2. The highest BCUT2D eigenvalue weighted by atomic mass is 16.5. The summed E-state index contributed by atoms with van der Waals surface area (Å²) in [6.07, 6.45) is 0. The summed E-state index contributed by atoms with van der Waals surface area (Å²) in [5.74, 6) is -0.736. The lowest BCUT2D eigenvalue weighted by molar-refractivity contribution is -0.132. The molecule has 0 heterocycles. The van der Waals surface area contributed by atoms with Crippen LogP contribution in [0.15, 0.2) is 18.2 Å². The van der Waals surface area contributed by atoms with E-state index in [4.69, 9.17) is 14.6 Å². The molecule has 0 atom stereocenters. The molecule has 0 spiro atoms. The maximum atomic E-state index is 11.8. The number of methoxy groups -OCH3 is 1. The van der Waals surface area contributed by atoms with Crippen LogP contribution in [0.25, 0.3) is 0 Å². The van der Waals surface area contributed by atoms with Crippen molar-refractivity contribution >= 4 is 11.9 Å². The number of carboxylic acid groups (broad SMARTS) is 1. The molecule has 110 valence electrons. The van der Waals surface area contributed by atoms with E-state index in [1.165, 1.54) is 19.2 Å². The second-order valence-electron chi connectivity index (χ2n) is 4.02. The minimum atomic E-state index is -1.13. The van der Waals surface area contributed by atoms with Gasteiger partial charge in [0.1, 0.15) is 17.1 Å². The average Bonchev–Trinajstić information content (AvgIpc) is 2.46. The van der Waals surface area contributed by atoms with Crippen molar-refractivity contribution < 1.29 is 24.2 Å². The highest BCUT2D eigenvalue weighted by Gasteiger charge is 2.15. The van der Waals surface area contributed by atoms with Crippen molar-refractivity contribution in [3.8, 4) is 11.5 Å². The lowest BCUT2D eigenvalue weighted by Gasteiger charge is -2.19. The summed E-state index contributed by atoms with van der Waals surface area (Å²) in [4.78, 5) is 24.6. The number of nitrogens with zero attached hydrogens (tertiary/aromatic N) is 1. The summed E-state index contributed by atoms with van der Waals surface area (Å²) in [5.41, 5.74) is -0.0308. The van der Waals surface area contributed by atoms with E-state index >= 15 is 0 Å². The number of hydrogen-bond acceptors (Lipinski definition) is 4. The predicted molar refractivity (Wildman–Crippen MR) is 73.4 cm³/mol. The Kier molecular flexibility index (Phi) is 5.83. The van der Waals surface area contributed by atoms with Gasteiger partial charge in [0.15, 0.2) is 6.61 Å². The second kappa shape index (κ2) is 7.37. The Balaban J connectivity index is 2.82. The average molecular weight is 281 g/mol. The van der Waals surface area contributed by atoms with Crippen molar-refractivity contribution in [2.45, 2.75) is 13.8 Å². The normalized spacial score (nSPS) is 9.95. The first-order valence-corrected chi connectivity index (χ1v) is 6.35. The Morgan fingerprint density at radius 2 is 1.90 bits per heavy atom. The molecule has 6 nitrogen and oxygen atoms in total. The minimum absolute atomic E-state index is 0.0308. The van der Waals surface area contributed by atoms with Crippen LogP contribution in [0.2, 0.25) is 0 Å². The van der Waals surface area contributed by atoms with E-state index in [-0.39, 0.29) is 23.8 Å². The van der Waals surface area contributed by atoms with Crippen LogP contribution in [-0.2, 0) is 4.79 Å². The number of ether oxygens (including phenoxy) is 2. The van der Waals surface area contributed by atoms with Crippen LogP contribution in [0.3, 0.4) is 0 Å². The summed E-state index contributed by atoms with van der Waals surface area (Å²) in [5, 5.41) is 9.12.